The normalized spacial score (nSPS) is 16.6. The zero-order valence-electron chi connectivity index (χ0n) is 11.5. The molecule has 1 aromatic rings. The fraction of sp³-hybridized carbons (Fsp3) is 0.444. The molecule has 2 unspecified atom stereocenters. The molecule has 0 aliphatic carbocycles. The molecule has 0 saturated heterocycles. The van der Waals surface area contributed by atoms with Crippen LogP contribution in [0, 0.1) is 6.92 Å². The summed E-state index contributed by atoms with van der Waals surface area (Å²) in [7, 11) is -11.0. The molecule has 0 saturated carbocycles. The lowest BCUT2D eigenvalue weighted by Gasteiger charge is -2.30. The Kier molecular flexibility index (Phi) is 5.22. The average molecular weight is 372 g/mol. The molecule has 0 radical (unpaired) electrons. The maximum atomic E-state index is 11.8. The van der Waals surface area contributed by atoms with Gasteiger partial charge in [0.05, 0.1) is 5.69 Å². The monoisotopic (exact) mass is 372 g/mol. The van der Waals surface area contributed by atoms with Crippen LogP contribution in [0.5, 0.6) is 0 Å². The molecular weight excluding hydrogens is 358 g/mol. The number of aromatic nitrogens is 2. The van der Waals surface area contributed by atoms with Gasteiger partial charge in [-0.25, -0.2) is 4.98 Å². The van der Waals surface area contributed by atoms with Crippen molar-refractivity contribution in [2.45, 2.75) is 24.2 Å². The van der Waals surface area contributed by atoms with Crippen LogP contribution >= 0.6 is 15.2 Å². The minimum atomic E-state index is -5.62. The molecule has 12 nitrogen and oxygen atoms in total. The van der Waals surface area contributed by atoms with E-state index in [1.807, 2.05) is 0 Å². The van der Waals surface area contributed by atoms with Crippen LogP contribution in [0.1, 0.15) is 17.9 Å². The summed E-state index contributed by atoms with van der Waals surface area (Å²) < 4.78 is 23.1. The van der Waals surface area contributed by atoms with Crippen LogP contribution in [-0.4, -0.2) is 57.4 Å². The van der Waals surface area contributed by atoms with Crippen molar-refractivity contribution in [3.63, 3.8) is 0 Å². The smallest absolute Gasteiger partial charge is 0.349 e. The molecular formula is C9H14N2O10P2. The van der Waals surface area contributed by atoms with Crippen molar-refractivity contribution in [2.75, 3.05) is 0 Å². The number of carboxylic acid groups (broad SMARTS) is 2. The van der Waals surface area contributed by atoms with Gasteiger partial charge in [-0.15, -0.1) is 0 Å². The number of H-pyrrole nitrogens is 1. The van der Waals surface area contributed by atoms with Gasteiger partial charge >= 0.3 is 27.1 Å². The number of carboxylic acids is 2. The largest absolute Gasteiger partial charge is 0.481 e. The standard InChI is InChI=1S/C9H14N2O10P2/c1-4-10-3-6(11-4)9(8(14)15,23(19,20)21)2-5(7(12)13)22(16,17)18/h3,5H,2H2,1H3,(H,10,11)(H,12,13)(H,14,15)(H2,16,17,18)(H2,19,20,21). The van der Waals surface area contributed by atoms with E-state index < -0.39 is 50.1 Å². The van der Waals surface area contributed by atoms with E-state index in [9.17, 15) is 33.6 Å². The Morgan fingerprint density at radius 2 is 1.78 bits per heavy atom. The van der Waals surface area contributed by atoms with Crippen molar-refractivity contribution < 1.29 is 48.5 Å². The van der Waals surface area contributed by atoms with Crippen LogP contribution < -0.4 is 0 Å². The van der Waals surface area contributed by atoms with Gasteiger partial charge in [0.1, 0.15) is 5.82 Å². The van der Waals surface area contributed by atoms with Crippen LogP contribution in [0.15, 0.2) is 6.20 Å². The zero-order chi connectivity index (χ0) is 18.2. The van der Waals surface area contributed by atoms with Gasteiger partial charge in [-0.3, -0.25) is 18.7 Å². The number of nitrogens with zero attached hydrogens (tertiary/aromatic N) is 1. The Bertz CT molecular complexity index is 718. The topological polar surface area (TPSA) is 218 Å². The van der Waals surface area contributed by atoms with E-state index in [0.717, 1.165) is 6.20 Å². The molecule has 0 aliphatic rings. The lowest BCUT2D eigenvalue weighted by molar-refractivity contribution is -0.142. The molecule has 1 heterocycles. The first-order valence-corrected chi connectivity index (χ1v) is 9.12. The molecule has 0 bridgehead atoms. The summed E-state index contributed by atoms with van der Waals surface area (Å²) in [6.45, 7) is 1.34. The van der Waals surface area contributed by atoms with Gasteiger partial charge in [-0.1, -0.05) is 0 Å². The first kappa shape index (κ1) is 19.5. The summed E-state index contributed by atoms with van der Waals surface area (Å²) in [6.07, 6.45) is -0.711. The number of aryl methyl sites for hydroxylation is 1. The van der Waals surface area contributed by atoms with E-state index >= 15 is 0 Å². The van der Waals surface area contributed by atoms with Crippen LogP contribution in [0.4, 0.5) is 0 Å². The summed E-state index contributed by atoms with van der Waals surface area (Å²) in [5, 5.41) is 15.0. The molecule has 1 rings (SSSR count). The van der Waals surface area contributed by atoms with Gasteiger partial charge in [-0.2, -0.15) is 0 Å². The van der Waals surface area contributed by atoms with Gasteiger partial charge < -0.3 is 34.8 Å². The number of aliphatic carboxylic acids is 2. The van der Waals surface area contributed by atoms with Crippen LogP contribution in [0.3, 0.4) is 0 Å². The van der Waals surface area contributed by atoms with E-state index in [-0.39, 0.29) is 5.82 Å². The van der Waals surface area contributed by atoms with E-state index in [4.69, 9.17) is 14.9 Å². The molecule has 0 fully saturated rings. The van der Waals surface area contributed by atoms with Gasteiger partial charge in [0.15, 0.2) is 5.66 Å². The molecule has 7 N–H and O–H groups in total. The third kappa shape index (κ3) is 3.69. The van der Waals surface area contributed by atoms with Gasteiger partial charge in [0, 0.05) is 12.6 Å². The van der Waals surface area contributed by atoms with Crippen molar-refractivity contribution in [1.82, 2.24) is 9.97 Å². The van der Waals surface area contributed by atoms with Crippen LogP contribution in [0.2, 0.25) is 0 Å². The molecule has 130 valence electrons. The highest BCUT2D eigenvalue weighted by atomic mass is 31.2. The number of carbonyl (C=O) groups is 2. The molecule has 23 heavy (non-hydrogen) atoms. The van der Waals surface area contributed by atoms with Crippen molar-refractivity contribution in [2.24, 2.45) is 0 Å². The minimum Gasteiger partial charge on any atom is -0.481 e. The SMILES string of the molecule is Cc1nc(C(CC(C(=O)O)P(=O)(O)O)(C(=O)O)P(=O)(O)O)c[nH]1. The van der Waals surface area contributed by atoms with Crippen molar-refractivity contribution in [3.05, 3.63) is 17.7 Å². The maximum absolute atomic E-state index is 11.8. The van der Waals surface area contributed by atoms with E-state index in [2.05, 4.69) is 9.97 Å². The lowest BCUT2D eigenvalue weighted by Crippen LogP contribution is -2.41. The first-order chi connectivity index (χ1) is 10.2. The average Bonchev–Trinajstić information content (AvgIpc) is 2.72. The molecule has 0 spiro atoms. The second kappa shape index (κ2) is 6.16. The third-order valence-corrected chi connectivity index (χ3v) is 5.97. The maximum Gasteiger partial charge on any atom is 0.349 e. The van der Waals surface area contributed by atoms with Crippen molar-refractivity contribution in [1.29, 1.82) is 0 Å². The fourth-order valence-corrected chi connectivity index (χ4v) is 3.98. The Morgan fingerprint density at radius 1 is 1.26 bits per heavy atom. The van der Waals surface area contributed by atoms with Crippen LogP contribution in [-0.2, 0) is 23.9 Å². The molecule has 14 heteroatoms. The molecule has 1 aromatic heterocycles. The van der Waals surface area contributed by atoms with Crippen molar-refractivity contribution in [3.8, 4) is 0 Å². The summed E-state index contributed by atoms with van der Waals surface area (Å²) >= 11 is 0. The molecule has 0 aliphatic heterocycles. The Hall–Kier alpha value is -1.55. The molecule has 0 aromatic carbocycles. The zero-order valence-corrected chi connectivity index (χ0v) is 13.3. The number of hydrogen-bond donors (Lipinski definition) is 7. The lowest BCUT2D eigenvalue weighted by atomic mass is 9.98. The van der Waals surface area contributed by atoms with Gasteiger partial charge in [0.2, 0.25) is 5.16 Å². The number of hydrogen-bond acceptors (Lipinski definition) is 5. The fourth-order valence-electron chi connectivity index (χ4n) is 1.95. The summed E-state index contributed by atoms with van der Waals surface area (Å²) in [5.74, 6) is -4.18. The second-order valence-electron chi connectivity index (χ2n) is 4.73. The van der Waals surface area contributed by atoms with Gasteiger partial charge in [0.25, 0.3) is 0 Å². The quantitative estimate of drug-likeness (QED) is 0.294. The first-order valence-electron chi connectivity index (χ1n) is 5.83. The summed E-state index contributed by atoms with van der Waals surface area (Å²) in [5.41, 5.74) is -3.36. The second-order valence-corrected chi connectivity index (χ2v) is 8.38. The highest BCUT2D eigenvalue weighted by Crippen LogP contribution is 2.62. The van der Waals surface area contributed by atoms with Crippen LogP contribution in [0.25, 0.3) is 0 Å². The minimum absolute atomic E-state index is 0.0714. The number of imidazole rings is 1. The Morgan fingerprint density at radius 3 is 2.04 bits per heavy atom. The van der Waals surface area contributed by atoms with E-state index in [1.165, 1.54) is 6.92 Å². The molecule has 0 amide bonds. The third-order valence-electron chi connectivity index (χ3n) is 3.16. The van der Waals surface area contributed by atoms with Gasteiger partial charge in [-0.05, 0) is 6.92 Å². The number of rotatable bonds is 7. The van der Waals surface area contributed by atoms with E-state index in [1.54, 1.807) is 0 Å². The highest BCUT2D eigenvalue weighted by Gasteiger charge is 2.61. The summed E-state index contributed by atoms with van der Waals surface area (Å²) in [6, 6.07) is 0. The molecule has 2 atom stereocenters. The van der Waals surface area contributed by atoms with Crippen molar-refractivity contribution >= 4 is 27.1 Å². The predicted octanol–water partition coefficient (Wildman–Crippen LogP) is -0.803. The highest BCUT2D eigenvalue weighted by molar-refractivity contribution is 7.55. The number of nitrogens with one attached hydrogen (secondary N) is 1. The Balaban J connectivity index is 3.65. The van der Waals surface area contributed by atoms with E-state index in [0.29, 0.717) is 0 Å². The Labute approximate surface area is 128 Å². The number of aromatic amines is 1. The summed E-state index contributed by atoms with van der Waals surface area (Å²) in [4.78, 5) is 65.7. The predicted molar refractivity (Wildman–Crippen MR) is 72.8 cm³/mol.